The maximum atomic E-state index is 11.2. The van der Waals surface area contributed by atoms with Crippen LogP contribution in [-0.2, 0) is 9.59 Å². The van der Waals surface area contributed by atoms with Crippen LogP contribution in [0.4, 0.5) is 0 Å². The van der Waals surface area contributed by atoms with E-state index in [0.717, 1.165) is 0 Å². The van der Waals surface area contributed by atoms with Gasteiger partial charge in [0.05, 0.1) is 17.7 Å². The summed E-state index contributed by atoms with van der Waals surface area (Å²) in [4.78, 5) is 22.2. The van der Waals surface area contributed by atoms with Gasteiger partial charge >= 0.3 is 5.97 Å². The van der Waals surface area contributed by atoms with E-state index in [1.165, 1.54) is 13.0 Å². The van der Waals surface area contributed by atoms with Gasteiger partial charge in [-0.1, -0.05) is 11.6 Å². The normalized spacial score (nSPS) is 11.3. The highest BCUT2D eigenvalue weighted by molar-refractivity contribution is 6.32. The molecule has 1 rings (SSSR count). The molecule has 0 saturated heterocycles. The lowest BCUT2D eigenvalue weighted by atomic mass is 10.1. The molecule has 0 spiro atoms. The van der Waals surface area contributed by atoms with Gasteiger partial charge in [-0.3, -0.25) is 4.79 Å². The van der Waals surface area contributed by atoms with Gasteiger partial charge in [-0.05, 0) is 44.5 Å². The van der Waals surface area contributed by atoms with Crippen LogP contribution in [0.1, 0.15) is 33.3 Å². The van der Waals surface area contributed by atoms with Crippen molar-refractivity contribution in [3.8, 4) is 11.5 Å². The average Bonchev–Trinajstić information content (AvgIpc) is 2.41. The van der Waals surface area contributed by atoms with Crippen molar-refractivity contribution >= 4 is 29.6 Å². The number of ether oxygens (including phenoxy) is 2. The van der Waals surface area contributed by atoms with Crippen LogP contribution in [0.25, 0.3) is 6.08 Å². The minimum atomic E-state index is -1.25. The molecule has 0 bridgehead atoms. The predicted molar refractivity (Wildman–Crippen MR) is 87.8 cm³/mol. The Kier molecular flexibility index (Phi) is 6.90. The third-order valence-corrected chi connectivity index (χ3v) is 2.82. The van der Waals surface area contributed by atoms with Crippen LogP contribution in [0.3, 0.4) is 0 Å². The van der Waals surface area contributed by atoms with Crippen LogP contribution in [-0.4, -0.2) is 29.7 Å². The molecule has 23 heavy (non-hydrogen) atoms. The number of hydrogen-bond donors (Lipinski definition) is 2. The lowest BCUT2D eigenvalue weighted by molar-refractivity contribution is -0.134. The molecule has 0 radical (unpaired) electrons. The number of aliphatic carboxylic acids is 1. The highest BCUT2D eigenvalue weighted by Crippen LogP contribution is 2.37. The van der Waals surface area contributed by atoms with E-state index in [1.807, 2.05) is 20.8 Å². The maximum Gasteiger partial charge on any atom is 0.352 e. The summed E-state index contributed by atoms with van der Waals surface area (Å²) in [5, 5.41) is 11.7. The van der Waals surface area contributed by atoms with Gasteiger partial charge in [0.15, 0.2) is 11.5 Å². The molecule has 0 heterocycles. The monoisotopic (exact) mass is 341 g/mol. The van der Waals surface area contributed by atoms with Gasteiger partial charge in [0.2, 0.25) is 5.91 Å². The van der Waals surface area contributed by atoms with Gasteiger partial charge in [0.1, 0.15) is 5.70 Å². The van der Waals surface area contributed by atoms with Gasteiger partial charge in [0.25, 0.3) is 0 Å². The molecular formula is C16H20ClNO5. The predicted octanol–water partition coefficient (Wildman–Crippen LogP) is 3.09. The van der Waals surface area contributed by atoms with Crippen LogP contribution in [0.2, 0.25) is 5.02 Å². The number of carbonyl (C=O) groups excluding carboxylic acids is 1. The number of carboxylic acids is 1. The van der Waals surface area contributed by atoms with Gasteiger partial charge in [-0.2, -0.15) is 0 Å². The molecule has 0 atom stereocenters. The smallest absolute Gasteiger partial charge is 0.352 e. The molecule has 0 aliphatic rings. The number of benzene rings is 1. The van der Waals surface area contributed by atoms with Crippen molar-refractivity contribution in [3.63, 3.8) is 0 Å². The first-order valence-electron chi connectivity index (χ1n) is 7.10. The molecule has 1 amide bonds. The SMILES string of the molecule is CCOc1cc(/C=C(/NC(C)=O)C(=O)O)cc(Cl)c1OC(C)C. The average molecular weight is 342 g/mol. The zero-order valence-corrected chi connectivity index (χ0v) is 14.2. The van der Waals surface area contributed by atoms with Crippen molar-refractivity contribution in [1.29, 1.82) is 0 Å². The van der Waals surface area contributed by atoms with E-state index < -0.39 is 11.9 Å². The molecule has 2 N–H and O–H groups in total. The number of rotatable bonds is 7. The Bertz CT molecular complexity index is 625. The van der Waals surface area contributed by atoms with E-state index in [2.05, 4.69) is 5.32 Å². The Morgan fingerprint density at radius 2 is 2.04 bits per heavy atom. The summed E-state index contributed by atoms with van der Waals surface area (Å²) in [6.07, 6.45) is 1.21. The van der Waals surface area contributed by atoms with E-state index in [0.29, 0.717) is 28.7 Å². The summed E-state index contributed by atoms with van der Waals surface area (Å²) in [6.45, 7) is 7.16. The van der Waals surface area contributed by atoms with Gasteiger partial charge in [0, 0.05) is 6.92 Å². The van der Waals surface area contributed by atoms with Crippen LogP contribution >= 0.6 is 11.6 Å². The Labute approximate surface area is 140 Å². The summed E-state index contributed by atoms with van der Waals surface area (Å²) in [5.74, 6) is -0.920. The lowest BCUT2D eigenvalue weighted by Gasteiger charge is -2.16. The van der Waals surface area contributed by atoms with Crippen molar-refractivity contribution in [3.05, 3.63) is 28.4 Å². The molecule has 0 aromatic heterocycles. The first kappa shape index (κ1) is 18.8. The summed E-state index contributed by atoms with van der Waals surface area (Å²) < 4.78 is 11.1. The van der Waals surface area contributed by atoms with Gasteiger partial charge < -0.3 is 19.9 Å². The largest absolute Gasteiger partial charge is 0.490 e. The Morgan fingerprint density at radius 1 is 1.39 bits per heavy atom. The van der Waals surface area contributed by atoms with E-state index in [1.54, 1.807) is 12.1 Å². The van der Waals surface area contributed by atoms with Gasteiger partial charge in [-0.15, -0.1) is 0 Å². The second-order valence-electron chi connectivity index (χ2n) is 4.97. The lowest BCUT2D eigenvalue weighted by Crippen LogP contribution is -2.24. The molecule has 0 saturated carbocycles. The third kappa shape index (κ3) is 5.83. The quantitative estimate of drug-likeness (QED) is 0.744. The van der Waals surface area contributed by atoms with E-state index >= 15 is 0 Å². The molecule has 7 heteroatoms. The topological polar surface area (TPSA) is 84.9 Å². The molecule has 1 aromatic carbocycles. The Morgan fingerprint density at radius 3 is 2.52 bits per heavy atom. The Balaban J connectivity index is 3.31. The van der Waals surface area contributed by atoms with Crippen molar-refractivity contribution in [2.24, 2.45) is 0 Å². The molecule has 0 unspecified atom stereocenters. The highest BCUT2D eigenvalue weighted by atomic mass is 35.5. The first-order valence-corrected chi connectivity index (χ1v) is 7.48. The van der Waals surface area contributed by atoms with Gasteiger partial charge in [-0.25, -0.2) is 4.79 Å². The number of hydrogen-bond acceptors (Lipinski definition) is 4. The van der Waals surface area contributed by atoms with Crippen molar-refractivity contribution < 1.29 is 24.2 Å². The molecule has 126 valence electrons. The minimum absolute atomic E-state index is 0.0953. The maximum absolute atomic E-state index is 11.2. The minimum Gasteiger partial charge on any atom is -0.490 e. The Hall–Kier alpha value is -2.21. The highest BCUT2D eigenvalue weighted by Gasteiger charge is 2.15. The fourth-order valence-corrected chi connectivity index (χ4v) is 2.06. The van der Waals surface area contributed by atoms with Crippen molar-refractivity contribution in [1.82, 2.24) is 5.32 Å². The summed E-state index contributed by atoms with van der Waals surface area (Å²) in [5.41, 5.74) is 0.217. The molecular weight excluding hydrogens is 322 g/mol. The van der Waals surface area contributed by atoms with E-state index in [-0.39, 0.29) is 11.8 Å². The summed E-state index contributed by atoms with van der Waals surface area (Å²) in [6, 6.07) is 3.16. The second kappa shape index (κ2) is 8.43. The number of nitrogens with one attached hydrogen (secondary N) is 1. The number of amides is 1. The second-order valence-corrected chi connectivity index (χ2v) is 5.38. The molecule has 0 aliphatic heterocycles. The third-order valence-electron chi connectivity index (χ3n) is 2.54. The van der Waals surface area contributed by atoms with E-state index in [4.69, 9.17) is 26.2 Å². The van der Waals surface area contributed by atoms with E-state index in [9.17, 15) is 9.59 Å². The molecule has 0 aliphatic carbocycles. The molecule has 0 fully saturated rings. The number of carboxylic acid groups (broad SMARTS) is 1. The summed E-state index contributed by atoms with van der Waals surface area (Å²) >= 11 is 6.21. The fourth-order valence-electron chi connectivity index (χ4n) is 1.79. The van der Waals surface area contributed by atoms with Crippen LogP contribution in [0.15, 0.2) is 17.8 Å². The van der Waals surface area contributed by atoms with Crippen LogP contribution in [0, 0.1) is 0 Å². The number of halogens is 1. The standard InChI is InChI=1S/C16H20ClNO5/c1-5-22-14-8-11(6-12(17)15(14)23-9(2)3)7-13(16(20)21)18-10(4)19/h6-9H,5H2,1-4H3,(H,18,19)(H,20,21)/b13-7+. The zero-order chi connectivity index (χ0) is 17.6. The zero-order valence-electron chi connectivity index (χ0n) is 13.5. The van der Waals surface area contributed by atoms with Crippen molar-refractivity contribution in [2.45, 2.75) is 33.8 Å². The van der Waals surface area contributed by atoms with Crippen LogP contribution < -0.4 is 14.8 Å². The summed E-state index contributed by atoms with van der Waals surface area (Å²) in [7, 11) is 0. The fraction of sp³-hybridized carbons (Fsp3) is 0.375. The molecule has 6 nitrogen and oxygen atoms in total. The molecule has 1 aromatic rings. The van der Waals surface area contributed by atoms with Crippen LogP contribution in [0.5, 0.6) is 11.5 Å². The first-order chi connectivity index (χ1) is 10.7. The number of carbonyl (C=O) groups is 2. The van der Waals surface area contributed by atoms with Crippen molar-refractivity contribution in [2.75, 3.05) is 6.61 Å².